The summed E-state index contributed by atoms with van der Waals surface area (Å²) in [6.07, 6.45) is 0.934. The summed E-state index contributed by atoms with van der Waals surface area (Å²) in [6.45, 7) is 10.6. The molecule has 1 fully saturated rings. The van der Waals surface area contributed by atoms with Crippen molar-refractivity contribution in [2.45, 2.75) is 46.5 Å². The third-order valence-electron chi connectivity index (χ3n) is 3.70. The van der Waals surface area contributed by atoms with Gasteiger partial charge in [0.25, 0.3) is 0 Å². The Labute approximate surface area is 109 Å². The molecule has 0 amide bonds. The molecule has 1 aromatic carbocycles. The fourth-order valence-corrected chi connectivity index (χ4v) is 2.22. The van der Waals surface area contributed by atoms with E-state index >= 15 is 0 Å². The largest absolute Gasteiger partial charge is 0.426 e. The Morgan fingerprint density at radius 3 is 2.33 bits per heavy atom. The summed E-state index contributed by atoms with van der Waals surface area (Å²) in [6, 6.07) is 7.81. The van der Waals surface area contributed by atoms with E-state index in [0.717, 1.165) is 12.0 Å². The zero-order valence-electron chi connectivity index (χ0n) is 11.9. The van der Waals surface area contributed by atoms with E-state index in [1.54, 1.807) is 0 Å². The van der Waals surface area contributed by atoms with Gasteiger partial charge in [0.15, 0.2) is 0 Å². The lowest BCUT2D eigenvalue weighted by atomic mass is 9.86. The molecule has 0 heterocycles. The van der Waals surface area contributed by atoms with Gasteiger partial charge < -0.3 is 4.74 Å². The van der Waals surface area contributed by atoms with E-state index in [1.165, 1.54) is 0 Å². The molecule has 1 aliphatic carbocycles. The monoisotopic (exact) mass is 246 g/mol. The van der Waals surface area contributed by atoms with Crippen LogP contribution in [0.15, 0.2) is 24.3 Å². The topological polar surface area (TPSA) is 26.3 Å². The van der Waals surface area contributed by atoms with Gasteiger partial charge in [-0.15, -0.1) is 0 Å². The lowest BCUT2D eigenvalue weighted by Crippen LogP contribution is -2.18. The van der Waals surface area contributed by atoms with Gasteiger partial charge in [-0.25, -0.2) is 0 Å². The fraction of sp³-hybridized carbons (Fsp3) is 0.562. The summed E-state index contributed by atoms with van der Waals surface area (Å²) in [4.78, 5) is 12.0. The van der Waals surface area contributed by atoms with E-state index in [2.05, 4.69) is 34.6 Å². The Kier molecular flexibility index (Phi) is 3.00. The van der Waals surface area contributed by atoms with E-state index < -0.39 is 0 Å². The Balaban J connectivity index is 2.18. The number of carbonyl (C=O) groups excluding carboxylic acids is 1. The molecule has 2 rings (SSSR count). The summed E-state index contributed by atoms with van der Waals surface area (Å²) in [5, 5.41) is 0. The average molecular weight is 246 g/mol. The van der Waals surface area contributed by atoms with E-state index in [-0.39, 0.29) is 22.7 Å². The van der Waals surface area contributed by atoms with E-state index in [4.69, 9.17) is 4.74 Å². The van der Waals surface area contributed by atoms with Crippen molar-refractivity contribution < 1.29 is 9.53 Å². The third kappa shape index (κ3) is 2.58. The molecule has 1 atom stereocenters. The van der Waals surface area contributed by atoms with Crippen molar-refractivity contribution in [2.24, 2.45) is 11.3 Å². The van der Waals surface area contributed by atoms with Crippen LogP contribution in [0.25, 0.3) is 0 Å². The molecule has 18 heavy (non-hydrogen) atoms. The van der Waals surface area contributed by atoms with E-state index in [1.807, 2.05) is 24.3 Å². The number of rotatable bonds is 2. The van der Waals surface area contributed by atoms with Gasteiger partial charge >= 0.3 is 5.97 Å². The van der Waals surface area contributed by atoms with Crippen LogP contribution in [0.5, 0.6) is 5.75 Å². The maximum Gasteiger partial charge on any atom is 0.314 e. The fourth-order valence-electron chi connectivity index (χ4n) is 2.22. The minimum Gasteiger partial charge on any atom is -0.426 e. The zero-order valence-corrected chi connectivity index (χ0v) is 11.9. The molecule has 0 aliphatic heterocycles. The van der Waals surface area contributed by atoms with Crippen LogP contribution in [0.2, 0.25) is 0 Å². The standard InChI is InChI=1S/C16H22O2/c1-15(2,3)11-8-6-7-9-13(11)18-14(17)12-10-16(12,4)5/h6-9,12H,10H2,1-5H3. The van der Waals surface area contributed by atoms with Crippen molar-refractivity contribution in [1.82, 2.24) is 0 Å². The first-order valence-corrected chi connectivity index (χ1v) is 6.53. The first-order valence-electron chi connectivity index (χ1n) is 6.53. The molecule has 1 aliphatic rings. The van der Waals surface area contributed by atoms with Crippen LogP contribution in [0.4, 0.5) is 0 Å². The summed E-state index contributed by atoms with van der Waals surface area (Å²) >= 11 is 0. The number of para-hydroxylation sites is 1. The normalized spacial score (nSPS) is 21.5. The maximum absolute atomic E-state index is 12.0. The van der Waals surface area contributed by atoms with Crippen molar-refractivity contribution in [3.05, 3.63) is 29.8 Å². The lowest BCUT2D eigenvalue weighted by Gasteiger charge is -2.22. The Morgan fingerprint density at radius 2 is 1.83 bits per heavy atom. The number of benzene rings is 1. The molecular weight excluding hydrogens is 224 g/mol. The lowest BCUT2D eigenvalue weighted by molar-refractivity contribution is -0.136. The predicted octanol–water partition coefficient (Wildman–Crippen LogP) is 3.94. The number of hydrogen-bond donors (Lipinski definition) is 0. The highest BCUT2D eigenvalue weighted by molar-refractivity contribution is 5.79. The molecule has 0 spiro atoms. The van der Waals surface area contributed by atoms with Gasteiger partial charge in [-0.05, 0) is 23.3 Å². The van der Waals surface area contributed by atoms with Crippen molar-refractivity contribution in [2.75, 3.05) is 0 Å². The molecule has 0 saturated heterocycles. The highest BCUT2D eigenvalue weighted by Crippen LogP contribution is 2.52. The first-order chi connectivity index (χ1) is 8.22. The van der Waals surface area contributed by atoms with Crippen LogP contribution in [-0.2, 0) is 10.2 Å². The van der Waals surface area contributed by atoms with E-state index in [9.17, 15) is 4.79 Å². The summed E-state index contributed by atoms with van der Waals surface area (Å²) < 4.78 is 5.59. The SMILES string of the molecule is CC(C)(C)c1ccccc1OC(=O)C1CC1(C)C. The van der Waals surface area contributed by atoms with Crippen molar-refractivity contribution in [3.8, 4) is 5.75 Å². The highest BCUT2D eigenvalue weighted by Gasteiger charge is 2.52. The quantitative estimate of drug-likeness (QED) is 0.583. The molecule has 2 heteroatoms. The average Bonchev–Trinajstić information content (AvgIpc) is 2.87. The molecule has 1 saturated carbocycles. The van der Waals surface area contributed by atoms with Crippen LogP contribution < -0.4 is 4.74 Å². The van der Waals surface area contributed by atoms with Gasteiger partial charge in [0, 0.05) is 5.56 Å². The second-order valence-corrected chi connectivity index (χ2v) is 6.91. The Morgan fingerprint density at radius 1 is 1.28 bits per heavy atom. The smallest absolute Gasteiger partial charge is 0.314 e. The number of hydrogen-bond acceptors (Lipinski definition) is 2. The molecule has 0 N–H and O–H groups in total. The second kappa shape index (κ2) is 4.11. The molecule has 2 nitrogen and oxygen atoms in total. The zero-order chi connectivity index (χ0) is 13.6. The second-order valence-electron chi connectivity index (χ2n) is 6.91. The Hall–Kier alpha value is -1.31. The van der Waals surface area contributed by atoms with E-state index in [0.29, 0.717) is 5.75 Å². The molecule has 0 bridgehead atoms. The van der Waals surface area contributed by atoms with Gasteiger partial charge in [0.05, 0.1) is 5.92 Å². The molecule has 1 aromatic rings. The van der Waals surface area contributed by atoms with Crippen molar-refractivity contribution in [3.63, 3.8) is 0 Å². The number of ether oxygens (including phenoxy) is 1. The summed E-state index contributed by atoms with van der Waals surface area (Å²) in [5.41, 5.74) is 1.18. The minimum absolute atomic E-state index is 0.0179. The molecule has 1 unspecified atom stereocenters. The van der Waals surface area contributed by atoms with Crippen LogP contribution in [0.3, 0.4) is 0 Å². The third-order valence-corrected chi connectivity index (χ3v) is 3.70. The predicted molar refractivity (Wildman–Crippen MR) is 72.7 cm³/mol. The van der Waals surface area contributed by atoms with Crippen molar-refractivity contribution >= 4 is 5.97 Å². The van der Waals surface area contributed by atoms with Gasteiger partial charge in [0.2, 0.25) is 0 Å². The molecule has 0 aromatic heterocycles. The van der Waals surface area contributed by atoms with Crippen LogP contribution in [-0.4, -0.2) is 5.97 Å². The van der Waals surface area contributed by atoms with Crippen LogP contribution in [0.1, 0.15) is 46.6 Å². The van der Waals surface area contributed by atoms with Crippen molar-refractivity contribution in [1.29, 1.82) is 0 Å². The first kappa shape index (κ1) is 13.1. The van der Waals surface area contributed by atoms with Gasteiger partial charge in [-0.2, -0.15) is 0 Å². The van der Waals surface area contributed by atoms with Gasteiger partial charge in [-0.1, -0.05) is 52.8 Å². The number of carbonyl (C=O) groups is 1. The summed E-state index contributed by atoms with van der Waals surface area (Å²) in [7, 11) is 0. The van der Waals surface area contributed by atoms with Crippen LogP contribution in [0, 0.1) is 11.3 Å². The van der Waals surface area contributed by atoms with Crippen LogP contribution >= 0.6 is 0 Å². The van der Waals surface area contributed by atoms with Gasteiger partial charge in [0.1, 0.15) is 5.75 Å². The summed E-state index contributed by atoms with van der Waals surface area (Å²) in [5.74, 6) is 0.680. The molecule has 98 valence electrons. The maximum atomic E-state index is 12.0. The van der Waals surface area contributed by atoms with Gasteiger partial charge in [-0.3, -0.25) is 4.79 Å². The highest BCUT2D eigenvalue weighted by atomic mass is 16.5. The molecular formula is C16H22O2. The minimum atomic E-state index is -0.0864. The molecule has 0 radical (unpaired) electrons. The number of esters is 1. The Bertz CT molecular complexity index is 466.